The summed E-state index contributed by atoms with van der Waals surface area (Å²) < 4.78 is 0. The van der Waals surface area contributed by atoms with Crippen molar-refractivity contribution in [3.63, 3.8) is 0 Å². The summed E-state index contributed by atoms with van der Waals surface area (Å²) >= 11 is 1.58. The number of thioether (sulfide) groups is 1. The molecule has 0 unspecified atom stereocenters. The fourth-order valence-electron chi connectivity index (χ4n) is 2.67. The predicted molar refractivity (Wildman–Crippen MR) is 84.5 cm³/mol. The van der Waals surface area contributed by atoms with Gasteiger partial charge in [0.2, 0.25) is 0 Å². The van der Waals surface area contributed by atoms with Crippen LogP contribution in [0, 0.1) is 6.92 Å². The molecule has 1 N–H and O–H groups in total. The van der Waals surface area contributed by atoms with E-state index in [4.69, 9.17) is 0 Å². The summed E-state index contributed by atoms with van der Waals surface area (Å²) in [6, 6.07) is 5.76. The first-order valence-corrected chi connectivity index (χ1v) is 8.28. The molecule has 1 aromatic carbocycles. The second kappa shape index (κ2) is 6.03. The zero-order chi connectivity index (χ0) is 14.8. The van der Waals surface area contributed by atoms with Gasteiger partial charge in [0.1, 0.15) is 5.75 Å². The Morgan fingerprint density at radius 1 is 1.38 bits per heavy atom. The quantitative estimate of drug-likeness (QED) is 0.698. The van der Waals surface area contributed by atoms with Crippen LogP contribution in [-0.2, 0) is 19.5 Å². The molecule has 5 heteroatoms. The second-order valence-corrected chi connectivity index (χ2v) is 6.19. The molecular weight excluding hydrogens is 282 g/mol. The standard InChI is InChI=1S/C16H19N3OS/c1-11-3-4-15(20)12(7-11)9-19-6-5-14-13(10-19)8-17-16(18-14)21-2/h3-4,7-8,20H,5-6,9-10H2,1-2H3. The van der Waals surface area contributed by atoms with E-state index < -0.39 is 0 Å². The van der Waals surface area contributed by atoms with Gasteiger partial charge in [-0.25, -0.2) is 9.97 Å². The lowest BCUT2D eigenvalue weighted by molar-refractivity contribution is 0.239. The van der Waals surface area contributed by atoms with Gasteiger partial charge in [0.15, 0.2) is 5.16 Å². The van der Waals surface area contributed by atoms with Gasteiger partial charge in [0.25, 0.3) is 0 Å². The summed E-state index contributed by atoms with van der Waals surface area (Å²) in [7, 11) is 0. The molecule has 0 spiro atoms. The highest BCUT2D eigenvalue weighted by molar-refractivity contribution is 7.98. The number of nitrogens with zero attached hydrogens (tertiary/aromatic N) is 3. The molecular formula is C16H19N3OS. The van der Waals surface area contributed by atoms with Crippen molar-refractivity contribution in [2.45, 2.75) is 31.6 Å². The summed E-state index contributed by atoms with van der Waals surface area (Å²) in [6.45, 7) is 4.62. The number of phenols is 1. The topological polar surface area (TPSA) is 49.2 Å². The highest BCUT2D eigenvalue weighted by Gasteiger charge is 2.19. The maximum atomic E-state index is 9.98. The molecule has 2 heterocycles. The largest absolute Gasteiger partial charge is 0.508 e. The smallest absolute Gasteiger partial charge is 0.187 e. The summed E-state index contributed by atoms with van der Waals surface area (Å²) in [5, 5.41) is 10.8. The van der Waals surface area contributed by atoms with Gasteiger partial charge >= 0.3 is 0 Å². The number of benzene rings is 1. The van der Waals surface area contributed by atoms with Crippen LogP contribution in [0.2, 0.25) is 0 Å². The zero-order valence-corrected chi connectivity index (χ0v) is 13.2. The average Bonchev–Trinajstić information content (AvgIpc) is 2.50. The summed E-state index contributed by atoms with van der Waals surface area (Å²) in [4.78, 5) is 11.3. The molecule has 4 nitrogen and oxygen atoms in total. The Labute approximate surface area is 129 Å². The Morgan fingerprint density at radius 3 is 3.05 bits per heavy atom. The minimum Gasteiger partial charge on any atom is -0.508 e. The van der Waals surface area contributed by atoms with Gasteiger partial charge in [0.05, 0.1) is 5.69 Å². The van der Waals surface area contributed by atoms with Crippen LogP contribution >= 0.6 is 11.8 Å². The van der Waals surface area contributed by atoms with Crippen LogP contribution in [0.1, 0.15) is 22.4 Å². The first-order valence-electron chi connectivity index (χ1n) is 7.05. The highest BCUT2D eigenvalue weighted by atomic mass is 32.2. The van der Waals surface area contributed by atoms with Gasteiger partial charge in [-0.1, -0.05) is 29.5 Å². The number of aromatic hydroxyl groups is 1. The third-order valence-electron chi connectivity index (χ3n) is 3.80. The Bertz CT molecular complexity index is 660. The molecule has 0 radical (unpaired) electrons. The Balaban J connectivity index is 1.76. The fraction of sp³-hybridized carbons (Fsp3) is 0.375. The van der Waals surface area contributed by atoms with Gasteiger partial charge in [-0.3, -0.25) is 4.90 Å². The molecule has 0 aliphatic carbocycles. The minimum absolute atomic E-state index is 0.375. The van der Waals surface area contributed by atoms with E-state index in [2.05, 4.69) is 20.9 Å². The lowest BCUT2D eigenvalue weighted by atomic mass is 10.1. The Morgan fingerprint density at radius 2 is 2.24 bits per heavy atom. The van der Waals surface area contributed by atoms with Crippen molar-refractivity contribution in [3.05, 3.63) is 46.8 Å². The fourth-order valence-corrected chi connectivity index (χ4v) is 3.03. The van der Waals surface area contributed by atoms with Gasteiger partial charge in [-0.2, -0.15) is 0 Å². The molecule has 0 atom stereocenters. The summed E-state index contributed by atoms with van der Waals surface area (Å²) in [5.74, 6) is 0.375. The van der Waals surface area contributed by atoms with Crippen LogP contribution in [0.4, 0.5) is 0 Å². The van der Waals surface area contributed by atoms with Crippen LogP contribution in [0.15, 0.2) is 29.6 Å². The Hall–Kier alpha value is -1.59. The molecule has 0 amide bonds. The van der Waals surface area contributed by atoms with E-state index in [9.17, 15) is 5.11 Å². The van der Waals surface area contributed by atoms with Crippen molar-refractivity contribution in [1.29, 1.82) is 0 Å². The van der Waals surface area contributed by atoms with E-state index >= 15 is 0 Å². The maximum Gasteiger partial charge on any atom is 0.187 e. The third kappa shape index (κ3) is 3.19. The normalized spacial score (nSPS) is 15.0. The summed E-state index contributed by atoms with van der Waals surface area (Å²) in [6.07, 6.45) is 4.88. The number of fused-ring (bicyclic) bond motifs is 1. The molecule has 0 fully saturated rings. The maximum absolute atomic E-state index is 9.98. The van der Waals surface area contributed by atoms with E-state index in [1.54, 1.807) is 17.8 Å². The van der Waals surface area contributed by atoms with E-state index in [1.807, 2.05) is 25.4 Å². The number of aromatic nitrogens is 2. The van der Waals surface area contributed by atoms with E-state index in [0.29, 0.717) is 5.75 Å². The number of hydrogen-bond donors (Lipinski definition) is 1. The zero-order valence-electron chi connectivity index (χ0n) is 12.3. The van der Waals surface area contributed by atoms with Crippen LogP contribution < -0.4 is 0 Å². The van der Waals surface area contributed by atoms with E-state index in [-0.39, 0.29) is 0 Å². The average molecular weight is 301 g/mol. The van der Waals surface area contributed by atoms with E-state index in [0.717, 1.165) is 36.8 Å². The van der Waals surface area contributed by atoms with Gasteiger partial charge in [0, 0.05) is 43.4 Å². The van der Waals surface area contributed by atoms with Gasteiger partial charge in [-0.15, -0.1) is 0 Å². The minimum atomic E-state index is 0.375. The lowest BCUT2D eigenvalue weighted by Crippen LogP contribution is -2.31. The molecule has 0 bridgehead atoms. The molecule has 0 saturated carbocycles. The molecule has 110 valence electrons. The van der Waals surface area contributed by atoms with E-state index in [1.165, 1.54) is 16.8 Å². The Kier molecular flexibility index (Phi) is 4.12. The van der Waals surface area contributed by atoms with Gasteiger partial charge in [-0.05, 0) is 19.2 Å². The SMILES string of the molecule is CSc1ncc2c(n1)CCN(Cc1cc(C)ccc1O)C2. The number of rotatable bonds is 3. The first kappa shape index (κ1) is 14.4. The van der Waals surface area contributed by atoms with Crippen molar-refractivity contribution < 1.29 is 5.11 Å². The molecule has 21 heavy (non-hydrogen) atoms. The molecule has 2 aromatic rings. The van der Waals surface area contributed by atoms with Crippen molar-refractivity contribution in [2.24, 2.45) is 0 Å². The number of phenolic OH excluding ortho intramolecular Hbond substituents is 1. The molecule has 3 rings (SSSR count). The number of aryl methyl sites for hydroxylation is 1. The number of hydrogen-bond acceptors (Lipinski definition) is 5. The highest BCUT2D eigenvalue weighted by Crippen LogP contribution is 2.24. The van der Waals surface area contributed by atoms with Crippen LogP contribution in [0.3, 0.4) is 0 Å². The monoisotopic (exact) mass is 301 g/mol. The lowest BCUT2D eigenvalue weighted by Gasteiger charge is -2.28. The molecule has 1 aliphatic rings. The van der Waals surface area contributed by atoms with Crippen molar-refractivity contribution in [1.82, 2.24) is 14.9 Å². The first-order chi connectivity index (χ1) is 10.2. The van der Waals surface area contributed by atoms with Crippen LogP contribution in [0.5, 0.6) is 5.75 Å². The third-order valence-corrected chi connectivity index (χ3v) is 4.36. The molecule has 0 saturated heterocycles. The predicted octanol–water partition coefficient (Wildman–Crippen LogP) is 2.77. The van der Waals surface area contributed by atoms with Crippen molar-refractivity contribution in [2.75, 3.05) is 12.8 Å². The summed E-state index contributed by atoms with van der Waals surface area (Å²) in [5.41, 5.74) is 4.53. The van der Waals surface area contributed by atoms with Crippen molar-refractivity contribution >= 4 is 11.8 Å². The van der Waals surface area contributed by atoms with Crippen LogP contribution in [-0.4, -0.2) is 32.8 Å². The molecule has 1 aliphatic heterocycles. The second-order valence-electron chi connectivity index (χ2n) is 5.42. The van der Waals surface area contributed by atoms with Gasteiger partial charge < -0.3 is 5.11 Å². The molecule has 1 aromatic heterocycles. The van der Waals surface area contributed by atoms with Crippen LogP contribution in [0.25, 0.3) is 0 Å². The van der Waals surface area contributed by atoms with Crippen molar-refractivity contribution in [3.8, 4) is 5.75 Å².